The fourth-order valence-electron chi connectivity index (χ4n) is 8.05. The van der Waals surface area contributed by atoms with Gasteiger partial charge in [0.25, 0.3) is 0 Å². The van der Waals surface area contributed by atoms with E-state index in [0.29, 0.717) is 25.9 Å². The lowest BCUT2D eigenvalue weighted by atomic mass is 10.0. The minimum atomic E-state index is -0.677. The van der Waals surface area contributed by atoms with Crippen LogP contribution in [0.15, 0.2) is 12.2 Å². The molecule has 2 atom stereocenters. The van der Waals surface area contributed by atoms with Crippen LogP contribution in [0.3, 0.4) is 0 Å². The van der Waals surface area contributed by atoms with Crippen molar-refractivity contribution in [3.8, 4) is 0 Å². The Bertz CT molecular complexity index is 863. The molecule has 0 aliphatic heterocycles. The van der Waals surface area contributed by atoms with Crippen LogP contribution < -0.4 is 5.32 Å². The second-order valence-electron chi connectivity index (χ2n) is 17.9. The van der Waals surface area contributed by atoms with Crippen LogP contribution in [0, 0.1) is 0 Å². The number of aliphatic hydroxyl groups excluding tert-OH is 2. The molecule has 0 fully saturated rings. The SMILES string of the molecule is CCCCCCCCC/C=C\CCCCCCCCCC(=O)OCCCCCCCCCCCCC(=O)NC(CO)C(O)CCCCCCCCCCCCCCC. The number of hydrogen-bond donors (Lipinski definition) is 3. The van der Waals surface area contributed by atoms with E-state index in [1.807, 2.05) is 0 Å². The largest absolute Gasteiger partial charge is 0.466 e. The number of hydrogen-bond acceptors (Lipinski definition) is 5. The van der Waals surface area contributed by atoms with Crippen molar-refractivity contribution < 1.29 is 24.5 Å². The number of amides is 1. The number of carbonyl (C=O) groups excluding carboxylic acids is 2. The number of nitrogens with one attached hydrogen (secondary N) is 1. The summed E-state index contributed by atoms with van der Waals surface area (Å²) in [5.41, 5.74) is 0. The van der Waals surface area contributed by atoms with Gasteiger partial charge in [-0.15, -0.1) is 0 Å². The molecule has 1 amide bonds. The van der Waals surface area contributed by atoms with Gasteiger partial charge in [0.05, 0.1) is 25.4 Å². The summed E-state index contributed by atoms with van der Waals surface area (Å²) in [4.78, 5) is 24.5. The van der Waals surface area contributed by atoms with E-state index >= 15 is 0 Å². The molecule has 0 aromatic rings. The Balaban J connectivity index is 3.46. The Labute approximate surface area is 361 Å². The topological polar surface area (TPSA) is 95.9 Å². The molecule has 0 aliphatic rings. The van der Waals surface area contributed by atoms with Crippen LogP contribution in [0.4, 0.5) is 0 Å². The van der Waals surface area contributed by atoms with Gasteiger partial charge in [-0.05, 0) is 51.4 Å². The number of rotatable bonds is 48. The molecule has 58 heavy (non-hydrogen) atoms. The molecule has 0 aromatic heterocycles. The first kappa shape index (κ1) is 56.6. The molecule has 0 radical (unpaired) electrons. The molecule has 0 aliphatic carbocycles. The molecule has 0 saturated carbocycles. The van der Waals surface area contributed by atoms with Crippen LogP contribution in [0.5, 0.6) is 0 Å². The van der Waals surface area contributed by atoms with Gasteiger partial charge in [0, 0.05) is 12.8 Å². The highest BCUT2D eigenvalue weighted by Gasteiger charge is 2.20. The van der Waals surface area contributed by atoms with Crippen molar-refractivity contribution in [3.05, 3.63) is 12.2 Å². The standard InChI is InChI=1S/C52H101NO5/c1-3-5-7-9-11-13-15-17-18-19-20-21-23-25-30-34-38-42-46-52(57)58-47-43-39-35-31-27-26-29-33-37-41-45-51(56)53-49(48-54)50(55)44-40-36-32-28-24-22-16-14-12-10-8-6-4-2/h18-19,49-50,54-55H,3-17,20-48H2,1-2H3,(H,53,56)/b19-18-. The van der Waals surface area contributed by atoms with Gasteiger partial charge in [0.1, 0.15) is 0 Å². The maximum atomic E-state index is 12.4. The third kappa shape index (κ3) is 44.2. The lowest BCUT2D eigenvalue weighted by Gasteiger charge is -2.22. The maximum absolute atomic E-state index is 12.4. The van der Waals surface area contributed by atoms with Gasteiger partial charge in [-0.2, -0.15) is 0 Å². The number of esters is 1. The molecular weight excluding hydrogens is 719 g/mol. The van der Waals surface area contributed by atoms with Crippen LogP contribution in [0.2, 0.25) is 0 Å². The molecule has 0 bridgehead atoms. The van der Waals surface area contributed by atoms with Gasteiger partial charge >= 0.3 is 5.97 Å². The van der Waals surface area contributed by atoms with Gasteiger partial charge in [0.15, 0.2) is 0 Å². The fraction of sp³-hybridized carbons (Fsp3) is 0.923. The van der Waals surface area contributed by atoms with Crippen molar-refractivity contribution in [1.29, 1.82) is 0 Å². The molecule has 6 nitrogen and oxygen atoms in total. The van der Waals surface area contributed by atoms with Crippen molar-refractivity contribution in [2.24, 2.45) is 0 Å². The predicted octanol–water partition coefficient (Wildman–Crippen LogP) is 15.3. The highest BCUT2D eigenvalue weighted by Crippen LogP contribution is 2.16. The number of carbonyl (C=O) groups is 2. The lowest BCUT2D eigenvalue weighted by Crippen LogP contribution is -2.45. The molecule has 0 rings (SSSR count). The van der Waals surface area contributed by atoms with Crippen LogP contribution in [0.1, 0.15) is 284 Å². The average Bonchev–Trinajstić information content (AvgIpc) is 3.22. The zero-order chi connectivity index (χ0) is 42.3. The minimum Gasteiger partial charge on any atom is -0.466 e. The highest BCUT2D eigenvalue weighted by molar-refractivity contribution is 5.76. The maximum Gasteiger partial charge on any atom is 0.305 e. The Morgan fingerprint density at radius 2 is 0.810 bits per heavy atom. The number of allylic oxidation sites excluding steroid dienone is 2. The Kier molecular flexibility index (Phi) is 47.1. The number of aliphatic hydroxyl groups is 2. The molecule has 344 valence electrons. The van der Waals surface area contributed by atoms with Gasteiger partial charge in [0.2, 0.25) is 5.91 Å². The average molecular weight is 820 g/mol. The Morgan fingerprint density at radius 1 is 0.466 bits per heavy atom. The van der Waals surface area contributed by atoms with E-state index in [4.69, 9.17) is 4.74 Å². The summed E-state index contributed by atoms with van der Waals surface area (Å²) >= 11 is 0. The zero-order valence-corrected chi connectivity index (χ0v) is 39.0. The third-order valence-corrected chi connectivity index (χ3v) is 12.1. The summed E-state index contributed by atoms with van der Waals surface area (Å²) in [5, 5.41) is 23.2. The van der Waals surface area contributed by atoms with Crippen molar-refractivity contribution in [2.45, 2.75) is 296 Å². The second-order valence-corrected chi connectivity index (χ2v) is 17.9. The van der Waals surface area contributed by atoms with Crippen molar-refractivity contribution in [3.63, 3.8) is 0 Å². The first-order valence-electron chi connectivity index (χ1n) is 25.9. The number of unbranched alkanes of at least 4 members (excludes halogenated alkanes) is 35. The van der Waals surface area contributed by atoms with E-state index in [-0.39, 0.29) is 18.5 Å². The minimum absolute atomic E-state index is 0.0215. The van der Waals surface area contributed by atoms with Crippen LogP contribution in [0.25, 0.3) is 0 Å². The van der Waals surface area contributed by atoms with E-state index in [2.05, 4.69) is 31.3 Å². The summed E-state index contributed by atoms with van der Waals surface area (Å²) in [6, 6.07) is -0.557. The van der Waals surface area contributed by atoms with Gasteiger partial charge in [-0.1, -0.05) is 231 Å². The smallest absolute Gasteiger partial charge is 0.305 e. The van der Waals surface area contributed by atoms with Crippen molar-refractivity contribution in [2.75, 3.05) is 13.2 Å². The second kappa shape index (κ2) is 48.3. The molecule has 6 heteroatoms. The van der Waals surface area contributed by atoms with Crippen LogP contribution >= 0.6 is 0 Å². The van der Waals surface area contributed by atoms with E-state index in [0.717, 1.165) is 57.8 Å². The summed E-state index contributed by atoms with van der Waals surface area (Å²) in [6.07, 6.45) is 54.6. The first-order valence-corrected chi connectivity index (χ1v) is 25.9. The van der Waals surface area contributed by atoms with Gasteiger partial charge < -0.3 is 20.3 Å². The Hall–Kier alpha value is -1.40. The third-order valence-electron chi connectivity index (χ3n) is 12.1. The molecular formula is C52H101NO5. The molecule has 0 heterocycles. The molecule has 0 saturated heterocycles. The monoisotopic (exact) mass is 820 g/mol. The molecule has 2 unspecified atom stereocenters. The highest BCUT2D eigenvalue weighted by atomic mass is 16.5. The predicted molar refractivity (Wildman–Crippen MR) is 250 cm³/mol. The summed E-state index contributed by atoms with van der Waals surface area (Å²) in [7, 11) is 0. The van der Waals surface area contributed by atoms with E-state index in [9.17, 15) is 19.8 Å². The van der Waals surface area contributed by atoms with E-state index < -0.39 is 12.1 Å². The summed E-state index contributed by atoms with van der Waals surface area (Å²) < 4.78 is 5.46. The first-order chi connectivity index (χ1) is 28.5. The van der Waals surface area contributed by atoms with Crippen LogP contribution in [-0.4, -0.2) is 47.4 Å². The van der Waals surface area contributed by atoms with Crippen LogP contribution in [-0.2, 0) is 14.3 Å². The number of ether oxygens (including phenoxy) is 1. The molecule has 0 aromatic carbocycles. The zero-order valence-electron chi connectivity index (χ0n) is 39.0. The fourth-order valence-corrected chi connectivity index (χ4v) is 8.05. The van der Waals surface area contributed by atoms with Gasteiger partial charge in [-0.3, -0.25) is 9.59 Å². The lowest BCUT2D eigenvalue weighted by molar-refractivity contribution is -0.143. The molecule has 3 N–H and O–H groups in total. The van der Waals surface area contributed by atoms with Gasteiger partial charge in [-0.25, -0.2) is 0 Å². The Morgan fingerprint density at radius 3 is 1.22 bits per heavy atom. The van der Waals surface area contributed by atoms with E-state index in [1.165, 1.54) is 193 Å². The quantitative estimate of drug-likeness (QED) is 0.0323. The summed E-state index contributed by atoms with van der Waals surface area (Å²) in [6.45, 7) is 4.90. The van der Waals surface area contributed by atoms with E-state index in [1.54, 1.807) is 0 Å². The van der Waals surface area contributed by atoms with Crippen molar-refractivity contribution in [1.82, 2.24) is 5.32 Å². The normalized spacial score (nSPS) is 12.7. The summed E-state index contributed by atoms with van der Waals surface area (Å²) in [5.74, 6) is -0.0788. The molecule has 0 spiro atoms. The van der Waals surface area contributed by atoms with Crippen molar-refractivity contribution >= 4 is 11.9 Å².